The molecule has 0 radical (unpaired) electrons. The first-order valence-electron chi connectivity index (χ1n) is 5.82. The van der Waals surface area contributed by atoms with Crippen LogP contribution in [0.4, 0.5) is 0 Å². The van der Waals surface area contributed by atoms with Gasteiger partial charge in [-0.05, 0) is 30.5 Å². The zero-order chi connectivity index (χ0) is 13.1. The van der Waals surface area contributed by atoms with E-state index in [1.54, 1.807) is 6.07 Å². The number of benzene rings is 1. The lowest BCUT2D eigenvalue weighted by Crippen LogP contribution is -2.13. The van der Waals surface area contributed by atoms with Crippen LogP contribution >= 0.6 is 23.2 Å². The highest BCUT2D eigenvalue weighted by Gasteiger charge is 2.13. The fraction of sp³-hybridized carbons (Fsp3) is 0.308. The van der Waals surface area contributed by atoms with Crippen LogP contribution in [0.15, 0.2) is 30.6 Å². The van der Waals surface area contributed by atoms with Gasteiger partial charge in [-0.25, -0.2) is 0 Å². The zero-order valence-electron chi connectivity index (χ0n) is 10.1. The first-order chi connectivity index (χ1) is 8.61. The van der Waals surface area contributed by atoms with Crippen molar-refractivity contribution in [3.63, 3.8) is 0 Å². The first-order valence-corrected chi connectivity index (χ1v) is 6.58. The van der Waals surface area contributed by atoms with Crippen LogP contribution in [-0.2, 0) is 13.0 Å². The van der Waals surface area contributed by atoms with Gasteiger partial charge in [-0.2, -0.15) is 5.10 Å². The maximum Gasteiger partial charge on any atom is 0.0640 e. The third-order valence-corrected chi connectivity index (χ3v) is 3.68. The molecule has 2 rings (SSSR count). The van der Waals surface area contributed by atoms with Crippen molar-refractivity contribution in [2.24, 2.45) is 5.73 Å². The van der Waals surface area contributed by atoms with Gasteiger partial charge in [0, 0.05) is 18.8 Å². The standard InChI is InChI=1S/C13H15Cl2N3/c1-2-18-8-9(7-17-18)6-12(16)10-4-3-5-11(14)13(10)15/h3-5,7-8,12H,2,6,16H2,1H3. The Bertz CT molecular complexity index is 537. The second-order valence-electron chi connectivity index (χ2n) is 4.16. The molecule has 0 aliphatic carbocycles. The lowest BCUT2D eigenvalue weighted by Gasteiger charge is -2.13. The molecular weight excluding hydrogens is 269 g/mol. The summed E-state index contributed by atoms with van der Waals surface area (Å²) in [4.78, 5) is 0. The molecule has 1 atom stereocenters. The lowest BCUT2D eigenvalue weighted by molar-refractivity contribution is 0.657. The SMILES string of the molecule is CCn1cc(CC(N)c2cccc(Cl)c2Cl)cn1. The Morgan fingerprint density at radius 1 is 1.39 bits per heavy atom. The van der Waals surface area contributed by atoms with E-state index in [0.717, 1.165) is 17.7 Å². The van der Waals surface area contributed by atoms with Crippen molar-refractivity contribution in [3.8, 4) is 0 Å². The summed E-state index contributed by atoms with van der Waals surface area (Å²) in [5.74, 6) is 0. The van der Waals surface area contributed by atoms with Crippen molar-refractivity contribution >= 4 is 23.2 Å². The van der Waals surface area contributed by atoms with Crippen molar-refractivity contribution in [3.05, 3.63) is 51.8 Å². The predicted octanol–water partition coefficient (Wildman–Crippen LogP) is 3.45. The van der Waals surface area contributed by atoms with E-state index in [1.165, 1.54) is 0 Å². The second kappa shape index (κ2) is 5.74. The van der Waals surface area contributed by atoms with Crippen LogP contribution in [0.1, 0.15) is 24.1 Å². The molecule has 0 saturated heterocycles. The van der Waals surface area contributed by atoms with Crippen molar-refractivity contribution in [2.45, 2.75) is 25.9 Å². The van der Waals surface area contributed by atoms with Gasteiger partial charge in [-0.1, -0.05) is 35.3 Å². The van der Waals surface area contributed by atoms with Gasteiger partial charge in [0.25, 0.3) is 0 Å². The van der Waals surface area contributed by atoms with Gasteiger partial charge in [0.2, 0.25) is 0 Å². The zero-order valence-corrected chi connectivity index (χ0v) is 11.6. The molecule has 3 nitrogen and oxygen atoms in total. The van der Waals surface area contributed by atoms with E-state index in [2.05, 4.69) is 5.10 Å². The largest absolute Gasteiger partial charge is 0.324 e. The van der Waals surface area contributed by atoms with Gasteiger partial charge in [0.1, 0.15) is 0 Å². The Hall–Kier alpha value is -1.03. The molecule has 0 amide bonds. The van der Waals surface area contributed by atoms with Crippen molar-refractivity contribution in [1.82, 2.24) is 9.78 Å². The maximum atomic E-state index is 6.17. The summed E-state index contributed by atoms with van der Waals surface area (Å²) in [6, 6.07) is 5.35. The summed E-state index contributed by atoms with van der Waals surface area (Å²) in [7, 11) is 0. The van der Waals surface area contributed by atoms with Gasteiger partial charge in [-0.3, -0.25) is 4.68 Å². The summed E-state index contributed by atoms with van der Waals surface area (Å²) < 4.78 is 1.88. The summed E-state index contributed by atoms with van der Waals surface area (Å²) in [5.41, 5.74) is 8.13. The molecule has 0 fully saturated rings. The molecule has 0 spiro atoms. The van der Waals surface area contributed by atoms with E-state index in [9.17, 15) is 0 Å². The molecule has 0 saturated carbocycles. The van der Waals surface area contributed by atoms with E-state index in [0.29, 0.717) is 16.5 Å². The van der Waals surface area contributed by atoms with Gasteiger partial charge in [-0.15, -0.1) is 0 Å². The molecule has 2 aromatic rings. The van der Waals surface area contributed by atoms with Crippen LogP contribution in [0.25, 0.3) is 0 Å². The molecular formula is C13H15Cl2N3. The Balaban J connectivity index is 2.16. The highest BCUT2D eigenvalue weighted by atomic mass is 35.5. The Labute approximate surface area is 117 Å². The van der Waals surface area contributed by atoms with Crippen molar-refractivity contribution in [1.29, 1.82) is 0 Å². The summed E-state index contributed by atoms with van der Waals surface area (Å²) >= 11 is 12.1. The normalized spacial score (nSPS) is 12.7. The number of nitrogens with zero attached hydrogens (tertiary/aromatic N) is 2. The summed E-state index contributed by atoms with van der Waals surface area (Å²) in [6.07, 6.45) is 4.53. The van der Waals surface area contributed by atoms with Crippen LogP contribution in [-0.4, -0.2) is 9.78 Å². The van der Waals surface area contributed by atoms with Crippen molar-refractivity contribution in [2.75, 3.05) is 0 Å². The fourth-order valence-electron chi connectivity index (χ4n) is 1.86. The molecule has 18 heavy (non-hydrogen) atoms. The van der Waals surface area contributed by atoms with E-state index < -0.39 is 0 Å². The van der Waals surface area contributed by atoms with E-state index >= 15 is 0 Å². The molecule has 1 unspecified atom stereocenters. The number of hydrogen-bond donors (Lipinski definition) is 1. The van der Waals surface area contributed by atoms with Crippen LogP contribution in [0.5, 0.6) is 0 Å². The van der Waals surface area contributed by atoms with Crippen molar-refractivity contribution < 1.29 is 0 Å². The number of hydrogen-bond acceptors (Lipinski definition) is 2. The molecule has 0 aliphatic rings. The third-order valence-electron chi connectivity index (χ3n) is 2.85. The lowest BCUT2D eigenvalue weighted by atomic mass is 10.0. The third kappa shape index (κ3) is 2.86. The Kier molecular flexibility index (Phi) is 4.27. The quantitative estimate of drug-likeness (QED) is 0.934. The van der Waals surface area contributed by atoms with Gasteiger partial charge in [0.15, 0.2) is 0 Å². The summed E-state index contributed by atoms with van der Waals surface area (Å²) in [5, 5.41) is 5.30. The van der Waals surface area contributed by atoms with Crippen LogP contribution in [0.2, 0.25) is 10.0 Å². The molecule has 2 N–H and O–H groups in total. The molecule has 1 aromatic carbocycles. The minimum Gasteiger partial charge on any atom is -0.324 e. The smallest absolute Gasteiger partial charge is 0.0640 e. The summed E-state index contributed by atoms with van der Waals surface area (Å²) in [6.45, 7) is 2.90. The highest BCUT2D eigenvalue weighted by Crippen LogP contribution is 2.30. The van der Waals surface area contributed by atoms with Gasteiger partial charge < -0.3 is 5.73 Å². The van der Waals surface area contributed by atoms with E-state index in [-0.39, 0.29) is 6.04 Å². The molecule has 1 aromatic heterocycles. The van der Waals surface area contributed by atoms with E-state index in [4.69, 9.17) is 28.9 Å². The topological polar surface area (TPSA) is 43.8 Å². The highest BCUT2D eigenvalue weighted by molar-refractivity contribution is 6.42. The van der Waals surface area contributed by atoms with Crippen LogP contribution < -0.4 is 5.73 Å². The van der Waals surface area contributed by atoms with Crippen LogP contribution in [0, 0.1) is 0 Å². The molecule has 0 aliphatic heterocycles. The molecule has 5 heteroatoms. The average Bonchev–Trinajstić information content (AvgIpc) is 2.80. The number of aryl methyl sites for hydroxylation is 1. The van der Waals surface area contributed by atoms with Gasteiger partial charge in [0.05, 0.1) is 16.2 Å². The number of nitrogens with two attached hydrogens (primary N) is 1. The monoisotopic (exact) mass is 283 g/mol. The first kappa shape index (κ1) is 13.4. The molecule has 96 valence electrons. The predicted molar refractivity (Wildman–Crippen MR) is 75.0 cm³/mol. The Morgan fingerprint density at radius 2 is 2.17 bits per heavy atom. The second-order valence-corrected chi connectivity index (χ2v) is 4.94. The van der Waals surface area contributed by atoms with Gasteiger partial charge >= 0.3 is 0 Å². The molecule has 1 heterocycles. The minimum atomic E-state index is -0.175. The fourth-order valence-corrected chi connectivity index (χ4v) is 2.30. The number of rotatable bonds is 4. The maximum absolute atomic E-state index is 6.17. The average molecular weight is 284 g/mol. The van der Waals surface area contributed by atoms with E-state index in [1.807, 2.05) is 36.1 Å². The number of aromatic nitrogens is 2. The van der Waals surface area contributed by atoms with Crippen LogP contribution in [0.3, 0.4) is 0 Å². The number of halogens is 2. The molecule has 0 bridgehead atoms. The minimum absolute atomic E-state index is 0.175. The Morgan fingerprint density at radius 3 is 2.83 bits per heavy atom.